The molecule has 1 atom stereocenters. The average molecular weight is 313 g/mol. The molecule has 1 aromatic rings. The first-order chi connectivity index (χ1) is 9.68. The summed E-state index contributed by atoms with van der Waals surface area (Å²) in [5.74, 6) is 1.16. The van der Waals surface area contributed by atoms with Crippen molar-refractivity contribution in [3.8, 4) is 5.75 Å². The fraction of sp³-hybridized carbons (Fsp3) is 0.562. The Morgan fingerprint density at radius 3 is 2.90 bits per heavy atom. The Bertz CT molecular complexity index is 454. The van der Waals surface area contributed by atoms with E-state index >= 15 is 0 Å². The van der Waals surface area contributed by atoms with Crippen molar-refractivity contribution in [1.29, 1.82) is 0 Å². The van der Waals surface area contributed by atoms with Crippen LogP contribution in [0.4, 0.5) is 0 Å². The van der Waals surface area contributed by atoms with E-state index in [9.17, 15) is 4.79 Å². The summed E-state index contributed by atoms with van der Waals surface area (Å²) in [6.07, 6.45) is 1.33. The predicted molar refractivity (Wildman–Crippen MR) is 87.2 cm³/mol. The van der Waals surface area contributed by atoms with E-state index in [0.29, 0.717) is 19.1 Å². The molecule has 2 rings (SSSR count). The molecule has 118 valence electrons. The number of aryl methyl sites for hydroxylation is 1. The number of nitrogens with one attached hydrogen (secondary N) is 1. The maximum atomic E-state index is 12.1. The molecule has 21 heavy (non-hydrogen) atoms. The number of carbonyl (C=O) groups excluding carboxylic acids is 1. The molecule has 0 aliphatic carbocycles. The number of carbonyl (C=O) groups is 1. The normalized spacial score (nSPS) is 18.0. The van der Waals surface area contributed by atoms with Gasteiger partial charge in [0.2, 0.25) is 5.91 Å². The van der Waals surface area contributed by atoms with E-state index in [2.05, 4.69) is 12.2 Å². The molecule has 4 nitrogen and oxygen atoms in total. The molecule has 1 amide bonds. The number of amides is 1. The van der Waals surface area contributed by atoms with Crippen LogP contribution in [0.1, 0.15) is 25.3 Å². The van der Waals surface area contributed by atoms with Crippen molar-refractivity contribution in [1.82, 2.24) is 10.2 Å². The smallest absolute Gasteiger partial charge is 0.223 e. The minimum atomic E-state index is 0. The van der Waals surface area contributed by atoms with Crippen LogP contribution in [0.5, 0.6) is 5.75 Å². The molecule has 1 aliphatic heterocycles. The van der Waals surface area contributed by atoms with Crippen molar-refractivity contribution in [2.45, 2.75) is 32.7 Å². The van der Waals surface area contributed by atoms with Crippen LogP contribution in [0.15, 0.2) is 24.3 Å². The highest BCUT2D eigenvalue weighted by molar-refractivity contribution is 5.85. The first kappa shape index (κ1) is 17.8. The van der Waals surface area contributed by atoms with E-state index in [4.69, 9.17) is 4.74 Å². The third-order valence-corrected chi connectivity index (χ3v) is 3.71. The molecule has 5 heteroatoms. The van der Waals surface area contributed by atoms with E-state index in [1.165, 1.54) is 0 Å². The molecule has 1 aromatic carbocycles. The quantitative estimate of drug-likeness (QED) is 0.849. The highest BCUT2D eigenvalue weighted by Crippen LogP contribution is 2.16. The lowest BCUT2D eigenvalue weighted by Gasteiger charge is -2.34. The summed E-state index contributed by atoms with van der Waals surface area (Å²) in [4.78, 5) is 14.1. The lowest BCUT2D eigenvalue weighted by Crippen LogP contribution is -2.52. The molecule has 1 unspecified atom stereocenters. The number of hydrogen-bond acceptors (Lipinski definition) is 3. The van der Waals surface area contributed by atoms with Gasteiger partial charge in [0, 0.05) is 32.1 Å². The second-order valence-corrected chi connectivity index (χ2v) is 5.36. The molecular formula is C16H25ClN2O2. The van der Waals surface area contributed by atoms with Crippen molar-refractivity contribution < 1.29 is 9.53 Å². The molecule has 0 spiro atoms. The Kier molecular flexibility index (Phi) is 7.54. The van der Waals surface area contributed by atoms with Gasteiger partial charge in [0.15, 0.2) is 0 Å². The van der Waals surface area contributed by atoms with Gasteiger partial charge in [-0.3, -0.25) is 4.79 Å². The van der Waals surface area contributed by atoms with Crippen LogP contribution in [-0.4, -0.2) is 43.1 Å². The average Bonchev–Trinajstić information content (AvgIpc) is 2.45. The summed E-state index contributed by atoms with van der Waals surface area (Å²) in [6.45, 7) is 7.33. The Morgan fingerprint density at radius 2 is 2.19 bits per heavy atom. The van der Waals surface area contributed by atoms with Crippen molar-refractivity contribution in [3.05, 3.63) is 29.8 Å². The predicted octanol–water partition coefficient (Wildman–Crippen LogP) is 2.40. The van der Waals surface area contributed by atoms with E-state index in [1.807, 2.05) is 36.1 Å². The van der Waals surface area contributed by atoms with Crippen molar-refractivity contribution in [3.63, 3.8) is 0 Å². The fourth-order valence-electron chi connectivity index (χ4n) is 2.48. The molecule has 1 N–H and O–H groups in total. The van der Waals surface area contributed by atoms with Gasteiger partial charge in [0.1, 0.15) is 5.75 Å². The van der Waals surface area contributed by atoms with Crippen LogP contribution < -0.4 is 10.1 Å². The molecule has 0 aromatic heterocycles. The number of piperazine rings is 1. The summed E-state index contributed by atoms with van der Waals surface area (Å²) >= 11 is 0. The standard InChI is InChI=1S/C16H24N2O2.ClH/c1-13-6-3-4-7-15(13)20-11-5-8-16(19)18-10-9-17-12-14(18)2;/h3-4,6-7,14,17H,5,8-12H2,1-2H3;1H. The van der Waals surface area contributed by atoms with Gasteiger partial charge in [0.25, 0.3) is 0 Å². The second-order valence-electron chi connectivity index (χ2n) is 5.36. The van der Waals surface area contributed by atoms with E-state index in [0.717, 1.165) is 37.4 Å². The van der Waals surface area contributed by atoms with Gasteiger partial charge in [-0.05, 0) is 31.9 Å². The highest BCUT2D eigenvalue weighted by atomic mass is 35.5. The zero-order chi connectivity index (χ0) is 14.4. The van der Waals surface area contributed by atoms with Gasteiger partial charge in [-0.1, -0.05) is 18.2 Å². The van der Waals surface area contributed by atoms with Crippen molar-refractivity contribution >= 4 is 18.3 Å². The number of rotatable bonds is 5. The minimum absolute atomic E-state index is 0. The molecule has 1 fully saturated rings. The number of hydrogen-bond donors (Lipinski definition) is 1. The van der Waals surface area contributed by atoms with Gasteiger partial charge in [-0.25, -0.2) is 0 Å². The van der Waals surface area contributed by atoms with Crippen LogP contribution in [0.25, 0.3) is 0 Å². The fourth-order valence-corrected chi connectivity index (χ4v) is 2.48. The first-order valence-corrected chi connectivity index (χ1v) is 7.37. The third-order valence-electron chi connectivity index (χ3n) is 3.71. The van der Waals surface area contributed by atoms with Crippen LogP contribution in [-0.2, 0) is 4.79 Å². The Hall–Kier alpha value is -1.26. The minimum Gasteiger partial charge on any atom is -0.493 e. The van der Waals surface area contributed by atoms with E-state index in [1.54, 1.807) is 0 Å². The van der Waals surface area contributed by atoms with E-state index in [-0.39, 0.29) is 18.3 Å². The summed E-state index contributed by atoms with van der Waals surface area (Å²) < 4.78 is 5.72. The van der Waals surface area contributed by atoms with Crippen LogP contribution >= 0.6 is 12.4 Å². The van der Waals surface area contributed by atoms with Crippen LogP contribution in [0.3, 0.4) is 0 Å². The van der Waals surface area contributed by atoms with Gasteiger partial charge in [0.05, 0.1) is 6.61 Å². The van der Waals surface area contributed by atoms with Crippen molar-refractivity contribution in [2.75, 3.05) is 26.2 Å². The molecule has 0 radical (unpaired) electrons. The van der Waals surface area contributed by atoms with Crippen molar-refractivity contribution in [2.24, 2.45) is 0 Å². The highest BCUT2D eigenvalue weighted by Gasteiger charge is 2.22. The van der Waals surface area contributed by atoms with Crippen LogP contribution in [0, 0.1) is 6.92 Å². The molecule has 0 bridgehead atoms. The molecule has 1 aliphatic rings. The third kappa shape index (κ3) is 5.21. The Labute approximate surface area is 133 Å². The summed E-state index contributed by atoms with van der Waals surface area (Å²) in [5.41, 5.74) is 1.13. The molecule has 1 saturated heterocycles. The van der Waals surface area contributed by atoms with E-state index < -0.39 is 0 Å². The maximum Gasteiger partial charge on any atom is 0.223 e. The lowest BCUT2D eigenvalue weighted by atomic mass is 10.2. The molecule has 1 heterocycles. The number of ether oxygens (including phenoxy) is 1. The number of para-hydroxylation sites is 1. The second kappa shape index (κ2) is 8.90. The van der Waals surface area contributed by atoms with Gasteiger partial charge in [-0.15, -0.1) is 12.4 Å². The largest absolute Gasteiger partial charge is 0.493 e. The SMILES string of the molecule is Cc1ccccc1OCCCC(=O)N1CCNCC1C.Cl. The molecular weight excluding hydrogens is 288 g/mol. The van der Waals surface area contributed by atoms with Gasteiger partial charge < -0.3 is 15.0 Å². The van der Waals surface area contributed by atoms with Crippen LogP contribution in [0.2, 0.25) is 0 Å². The zero-order valence-electron chi connectivity index (χ0n) is 12.8. The van der Waals surface area contributed by atoms with Gasteiger partial charge in [-0.2, -0.15) is 0 Å². The molecule has 0 saturated carbocycles. The Balaban J connectivity index is 0.00000220. The monoisotopic (exact) mass is 312 g/mol. The number of nitrogens with zero attached hydrogens (tertiary/aromatic N) is 1. The number of halogens is 1. The summed E-state index contributed by atoms with van der Waals surface area (Å²) in [6, 6.07) is 8.26. The van der Waals surface area contributed by atoms with Gasteiger partial charge >= 0.3 is 0 Å². The summed E-state index contributed by atoms with van der Waals surface area (Å²) in [5, 5.41) is 3.30. The first-order valence-electron chi connectivity index (χ1n) is 7.37. The summed E-state index contributed by atoms with van der Waals surface area (Å²) in [7, 11) is 0. The Morgan fingerprint density at radius 1 is 1.43 bits per heavy atom. The topological polar surface area (TPSA) is 41.6 Å². The number of benzene rings is 1. The zero-order valence-corrected chi connectivity index (χ0v) is 13.6. The maximum absolute atomic E-state index is 12.1. The lowest BCUT2D eigenvalue weighted by molar-refractivity contribution is -0.134.